The van der Waals surface area contributed by atoms with Gasteiger partial charge in [-0.1, -0.05) is 18.2 Å². The standard InChI is InChI=1S/C14H22FN3/c1-11(16)14(12-5-3-4-6-13(12)15)18-9-7-17(2)8-10-18/h3-6,11,14H,7-10,16H2,1-2H3. The zero-order valence-electron chi connectivity index (χ0n) is 11.1. The molecule has 100 valence electrons. The third-order valence-corrected chi connectivity index (χ3v) is 3.65. The van der Waals surface area contributed by atoms with Gasteiger partial charge in [-0.3, -0.25) is 4.90 Å². The number of nitrogens with two attached hydrogens (primary N) is 1. The Bertz CT molecular complexity index is 386. The molecule has 0 aromatic heterocycles. The van der Waals surface area contributed by atoms with Gasteiger partial charge in [-0.05, 0) is 20.0 Å². The first-order valence-electron chi connectivity index (χ1n) is 6.52. The van der Waals surface area contributed by atoms with Crippen LogP contribution in [0, 0.1) is 5.82 Å². The second-order valence-electron chi connectivity index (χ2n) is 5.16. The van der Waals surface area contributed by atoms with E-state index < -0.39 is 0 Å². The summed E-state index contributed by atoms with van der Waals surface area (Å²) < 4.78 is 13.9. The minimum absolute atomic E-state index is 0.0279. The molecule has 4 heteroatoms. The minimum Gasteiger partial charge on any atom is -0.326 e. The van der Waals surface area contributed by atoms with Crippen LogP contribution >= 0.6 is 0 Å². The van der Waals surface area contributed by atoms with E-state index in [1.165, 1.54) is 6.07 Å². The van der Waals surface area contributed by atoms with Crippen molar-refractivity contribution in [3.63, 3.8) is 0 Å². The fourth-order valence-corrected chi connectivity index (χ4v) is 2.63. The van der Waals surface area contributed by atoms with Gasteiger partial charge < -0.3 is 10.6 Å². The molecule has 0 spiro atoms. The molecule has 3 nitrogen and oxygen atoms in total. The Morgan fingerprint density at radius 3 is 2.33 bits per heavy atom. The normalized spacial score (nSPS) is 21.8. The number of rotatable bonds is 3. The Balaban J connectivity index is 2.21. The molecular formula is C14H22FN3. The number of piperazine rings is 1. The summed E-state index contributed by atoms with van der Waals surface area (Å²) in [5.41, 5.74) is 6.80. The van der Waals surface area contributed by atoms with Gasteiger partial charge in [-0.2, -0.15) is 0 Å². The first-order chi connectivity index (χ1) is 8.59. The van der Waals surface area contributed by atoms with E-state index in [4.69, 9.17) is 5.73 Å². The maximum absolute atomic E-state index is 13.9. The van der Waals surface area contributed by atoms with Gasteiger partial charge in [0.15, 0.2) is 0 Å². The van der Waals surface area contributed by atoms with Crippen LogP contribution in [0.2, 0.25) is 0 Å². The summed E-state index contributed by atoms with van der Waals surface area (Å²) in [4.78, 5) is 4.58. The lowest BCUT2D eigenvalue weighted by Gasteiger charge is -2.40. The van der Waals surface area contributed by atoms with Crippen molar-refractivity contribution in [3.8, 4) is 0 Å². The van der Waals surface area contributed by atoms with Crippen LogP contribution in [0.4, 0.5) is 4.39 Å². The summed E-state index contributed by atoms with van der Waals surface area (Å²) in [6.07, 6.45) is 0. The van der Waals surface area contributed by atoms with Crippen LogP contribution in [0.25, 0.3) is 0 Å². The van der Waals surface area contributed by atoms with E-state index in [1.807, 2.05) is 19.1 Å². The number of benzene rings is 1. The summed E-state index contributed by atoms with van der Waals surface area (Å²) >= 11 is 0. The van der Waals surface area contributed by atoms with Gasteiger partial charge in [0.2, 0.25) is 0 Å². The second kappa shape index (κ2) is 5.78. The topological polar surface area (TPSA) is 32.5 Å². The molecule has 0 saturated carbocycles. The highest BCUT2D eigenvalue weighted by molar-refractivity contribution is 5.23. The van der Waals surface area contributed by atoms with Gasteiger partial charge in [0.25, 0.3) is 0 Å². The van der Waals surface area contributed by atoms with Crippen molar-refractivity contribution in [2.45, 2.75) is 19.0 Å². The summed E-state index contributed by atoms with van der Waals surface area (Å²) in [5, 5.41) is 0. The number of hydrogen-bond donors (Lipinski definition) is 1. The molecule has 2 atom stereocenters. The maximum Gasteiger partial charge on any atom is 0.128 e. The lowest BCUT2D eigenvalue weighted by Crippen LogP contribution is -2.49. The van der Waals surface area contributed by atoms with Crippen molar-refractivity contribution < 1.29 is 4.39 Å². The molecule has 2 N–H and O–H groups in total. The Kier molecular flexibility index (Phi) is 4.32. The van der Waals surface area contributed by atoms with E-state index in [0.29, 0.717) is 0 Å². The number of nitrogens with zero attached hydrogens (tertiary/aromatic N) is 2. The predicted octanol–water partition coefficient (Wildman–Crippen LogP) is 1.46. The molecule has 2 unspecified atom stereocenters. The zero-order chi connectivity index (χ0) is 13.1. The SMILES string of the molecule is CC(N)C(c1ccccc1F)N1CCN(C)CC1. The van der Waals surface area contributed by atoms with Crippen LogP contribution in [0.15, 0.2) is 24.3 Å². The first kappa shape index (κ1) is 13.5. The molecule has 1 aliphatic heterocycles. The van der Waals surface area contributed by atoms with Crippen LogP contribution in [0.5, 0.6) is 0 Å². The van der Waals surface area contributed by atoms with Crippen LogP contribution in [-0.4, -0.2) is 49.1 Å². The Hall–Kier alpha value is -0.970. The van der Waals surface area contributed by atoms with E-state index in [1.54, 1.807) is 6.07 Å². The van der Waals surface area contributed by atoms with Gasteiger partial charge in [0.05, 0.1) is 6.04 Å². The molecule has 1 fully saturated rings. The Morgan fingerprint density at radius 2 is 1.78 bits per heavy atom. The van der Waals surface area contributed by atoms with Crippen LogP contribution < -0.4 is 5.73 Å². The zero-order valence-corrected chi connectivity index (χ0v) is 11.1. The minimum atomic E-state index is -0.154. The molecule has 1 aromatic carbocycles. The van der Waals surface area contributed by atoms with E-state index in [9.17, 15) is 4.39 Å². The molecule has 0 amide bonds. The Morgan fingerprint density at radius 1 is 1.17 bits per heavy atom. The molecule has 0 radical (unpaired) electrons. The highest BCUT2D eigenvalue weighted by Gasteiger charge is 2.28. The smallest absolute Gasteiger partial charge is 0.128 e. The van der Waals surface area contributed by atoms with Gasteiger partial charge in [0.1, 0.15) is 5.82 Å². The monoisotopic (exact) mass is 251 g/mol. The first-order valence-corrected chi connectivity index (χ1v) is 6.52. The third kappa shape index (κ3) is 2.88. The molecule has 1 saturated heterocycles. The van der Waals surface area contributed by atoms with Crippen molar-refractivity contribution in [3.05, 3.63) is 35.6 Å². The van der Waals surface area contributed by atoms with Crippen molar-refractivity contribution in [1.29, 1.82) is 0 Å². The summed E-state index contributed by atoms with van der Waals surface area (Å²) in [6, 6.07) is 6.86. The fourth-order valence-electron chi connectivity index (χ4n) is 2.63. The van der Waals surface area contributed by atoms with Gasteiger partial charge in [-0.25, -0.2) is 4.39 Å². The number of halogens is 1. The molecular weight excluding hydrogens is 229 g/mol. The third-order valence-electron chi connectivity index (χ3n) is 3.65. The average Bonchev–Trinajstić information content (AvgIpc) is 2.34. The second-order valence-corrected chi connectivity index (χ2v) is 5.16. The molecule has 1 aliphatic rings. The molecule has 18 heavy (non-hydrogen) atoms. The number of likely N-dealkylation sites (N-methyl/N-ethyl adjacent to an activating group) is 1. The predicted molar refractivity (Wildman–Crippen MR) is 71.9 cm³/mol. The largest absolute Gasteiger partial charge is 0.326 e. The lowest BCUT2D eigenvalue weighted by atomic mass is 9.98. The highest BCUT2D eigenvalue weighted by atomic mass is 19.1. The molecule has 1 heterocycles. The van der Waals surface area contributed by atoms with Crippen LogP contribution in [0.3, 0.4) is 0 Å². The fraction of sp³-hybridized carbons (Fsp3) is 0.571. The van der Waals surface area contributed by atoms with Crippen molar-refractivity contribution in [2.24, 2.45) is 5.73 Å². The van der Waals surface area contributed by atoms with E-state index >= 15 is 0 Å². The van der Waals surface area contributed by atoms with Crippen LogP contribution in [0.1, 0.15) is 18.5 Å². The van der Waals surface area contributed by atoms with Gasteiger partial charge in [-0.15, -0.1) is 0 Å². The van der Waals surface area contributed by atoms with Gasteiger partial charge >= 0.3 is 0 Å². The summed E-state index contributed by atoms with van der Waals surface area (Å²) in [6.45, 7) is 5.86. The Labute approximate surface area is 108 Å². The molecule has 2 rings (SSSR count). The molecule has 0 aliphatic carbocycles. The van der Waals surface area contributed by atoms with Crippen molar-refractivity contribution in [1.82, 2.24) is 9.80 Å². The quantitative estimate of drug-likeness (QED) is 0.883. The van der Waals surface area contributed by atoms with E-state index in [0.717, 1.165) is 31.7 Å². The van der Waals surface area contributed by atoms with E-state index in [2.05, 4.69) is 16.8 Å². The average molecular weight is 251 g/mol. The van der Waals surface area contributed by atoms with Crippen molar-refractivity contribution >= 4 is 0 Å². The summed E-state index contributed by atoms with van der Waals surface area (Å²) in [7, 11) is 2.11. The van der Waals surface area contributed by atoms with Gasteiger partial charge in [0, 0.05) is 37.8 Å². The lowest BCUT2D eigenvalue weighted by molar-refractivity contribution is 0.0988. The number of hydrogen-bond acceptors (Lipinski definition) is 3. The summed E-state index contributed by atoms with van der Waals surface area (Å²) in [5.74, 6) is -0.154. The molecule has 0 bridgehead atoms. The van der Waals surface area contributed by atoms with Crippen LogP contribution in [-0.2, 0) is 0 Å². The van der Waals surface area contributed by atoms with Crippen molar-refractivity contribution in [2.75, 3.05) is 33.2 Å². The maximum atomic E-state index is 13.9. The molecule has 1 aromatic rings. The highest BCUT2D eigenvalue weighted by Crippen LogP contribution is 2.26. The van der Waals surface area contributed by atoms with E-state index in [-0.39, 0.29) is 17.9 Å².